The molecule has 1 aliphatic heterocycles. The molecule has 0 radical (unpaired) electrons. The van der Waals surface area contributed by atoms with E-state index in [2.05, 4.69) is 4.72 Å². The number of rotatable bonds is 5. The second kappa shape index (κ2) is 7.44. The van der Waals surface area contributed by atoms with Crippen LogP contribution in [-0.2, 0) is 21.2 Å². The van der Waals surface area contributed by atoms with Crippen molar-refractivity contribution in [3.8, 4) is 0 Å². The molecule has 1 aromatic carbocycles. The third-order valence-electron chi connectivity index (χ3n) is 3.72. The van der Waals surface area contributed by atoms with Gasteiger partial charge in [-0.2, -0.15) is 0 Å². The van der Waals surface area contributed by atoms with Crippen LogP contribution in [0.4, 0.5) is 0 Å². The summed E-state index contributed by atoms with van der Waals surface area (Å²) < 4.78 is 25.2. The maximum Gasteiger partial charge on any atom is 0.222 e. The van der Waals surface area contributed by atoms with Crippen molar-refractivity contribution in [2.45, 2.75) is 31.7 Å². The Hall–Kier alpha value is -1.11. The fourth-order valence-electron chi connectivity index (χ4n) is 2.70. The molecule has 0 unspecified atom stereocenters. The molecule has 22 heavy (non-hydrogen) atoms. The van der Waals surface area contributed by atoms with Gasteiger partial charge >= 0.3 is 0 Å². The number of nitrogens with one attached hydrogen (secondary N) is 1. The normalized spacial score (nSPS) is 19.2. The molecule has 1 aliphatic rings. The van der Waals surface area contributed by atoms with Crippen LogP contribution < -0.4 is 4.72 Å². The van der Waals surface area contributed by atoms with E-state index in [0.29, 0.717) is 31.0 Å². The molecule has 1 fully saturated rings. The highest BCUT2D eigenvalue weighted by molar-refractivity contribution is 7.88. The molecule has 1 aromatic rings. The van der Waals surface area contributed by atoms with Crippen LogP contribution in [0.15, 0.2) is 24.3 Å². The summed E-state index contributed by atoms with van der Waals surface area (Å²) in [5.41, 5.74) is 0.959. The van der Waals surface area contributed by atoms with E-state index < -0.39 is 10.0 Å². The molecule has 1 saturated heterocycles. The number of hydrogen-bond acceptors (Lipinski definition) is 3. The number of amides is 1. The lowest BCUT2D eigenvalue weighted by molar-refractivity contribution is -0.132. The van der Waals surface area contributed by atoms with E-state index >= 15 is 0 Å². The third-order valence-corrected chi connectivity index (χ3v) is 4.85. The topological polar surface area (TPSA) is 66.5 Å². The van der Waals surface area contributed by atoms with E-state index in [4.69, 9.17) is 11.6 Å². The molecule has 2 rings (SSSR count). The molecular weight excluding hydrogens is 324 g/mol. The van der Waals surface area contributed by atoms with Gasteiger partial charge < -0.3 is 4.90 Å². The van der Waals surface area contributed by atoms with Gasteiger partial charge in [0, 0.05) is 30.6 Å². The number of nitrogens with zero attached hydrogens (tertiary/aromatic N) is 1. The maximum absolute atomic E-state index is 12.3. The van der Waals surface area contributed by atoms with Gasteiger partial charge in [-0.15, -0.1) is 0 Å². The molecule has 122 valence electrons. The van der Waals surface area contributed by atoms with Crippen molar-refractivity contribution in [1.82, 2.24) is 9.62 Å². The zero-order chi connectivity index (χ0) is 16.2. The number of piperidine rings is 1. The SMILES string of the molecule is CS(=O)(=O)N[C@@H]1CCCN(C(=O)CCc2ccccc2Cl)C1. The van der Waals surface area contributed by atoms with Gasteiger partial charge in [0.25, 0.3) is 0 Å². The van der Waals surface area contributed by atoms with Crippen LogP contribution in [0.2, 0.25) is 5.02 Å². The molecular formula is C15H21ClN2O3S. The number of aryl methyl sites for hydroxylation is 1. The lowest BCUT2D eigenvalue weighted by atomic mass is 10.0. The Balaban J connectivity index is 1.88. The monoisotopic (exact) mass is 344 g/mol. The summed E-state index contributed by atoms with van der Waals surface area (Å²) in [5, 5.41) is 0.672. The predicted octanol–water partition coefficient (Wildman–Crippen LogP) is 1.81. The first-order valence-electron chi connectivity index (χ1n) is 7.33. The Bertz CT molecular complexity index is 633. The number of halogens is 1. The molecule has 1 atom stereocenters. The largest absolute Gasteiger partial charge is 0.341 e. The number of hydrogen-bond donors (Lipinski definition) is 1. The van der Waals surface area contributed by atoms with Gasteiger partial charge in [-0.05, 0) is 30.9 Å². The smallest absolute Gasteiger partial charge is 0.222 e. The van der Waals surface area contributed by atoms with E-state index in [1.54, 1.807) is 4.90 Å². The summed E-state index contributed by atoms with van der Waals surface area (Å²) in [6.07, 6.45) is 3.70. The molecule has 0 bridgehead atoms. The van der Waals surface area contributed by atoms with Crippen LogP contribution in [-0.4, -0.2) is 44.6 Å². The number of sulfonamides is 1. The maximum atomic E-state index is 12.3. The molecule has 1 N–H and O–H groups in total. The van der Waals surface area contributed by atoms with Crippen molar-refractivity contribution < 1.29 is 13.2 Å². The van der Waals surface area contributed by atoms with Gasteiger partial charge in [0.1, 0.15) is 0 Å². The fraction of sp³-hybridized carbons (Fsp3) is 0.533. The van der Waals surface area contributed by atoms with E-state index in [-0.39, 0.29) is 11.9 Å². The first kappa shape index (κ1) is 17.2. The molecule has 0 spiro atoms. The number of benzene rings is 1. The summed E-state index contributed by atoms with van der Waals surface area (Å²) in [4.78, 5) is 14.0. The molecule has 0 saturated carbocycles. The first-order chi connectivity index (χ1) is 10.3. The lowest BCUT2D eigenvalue weighted by Gasteiger charge is -2.32. The summed E-state index contributed by atoms with van der Waals surface area (Å²) in [7, 11) is -3.24. The summed E-state index contributed by atoms with van der Waals surface area (Å²) >= 11 is 6.09. The number of likely N-dealkylation sites (tertiary alicyclic amines) is 1. The van der Waals surface area contributed by atoms with Crippen molar-refractivity contribution in [2.24, 2.45) is 0 Å². The molecule has 0 aromatic heterocycles. The van der Waals surface area contributed by atoms with Crippen molar-refractivity contribution in [2.75, 3.05) is 19.3 Å². The molecule has 1 amide bonds. The van der Waals surface area contributed by atoms with Gasteiger partial charge in [0.05, 0.1) is 6.26 Å². The fourth-order valence-corrected chi connectivity index (χ4v) is 3.73. The number of carbonyl (C=O) groups is 1. The van der Waals surface area contributed by atoms with Crippen LogP contribution in [0.1, 0.15) is 24.8 Å². The standard InChI is InChI=1S/C15H21ClN2O3S/c1-22(20,21)17-13-6-4-10-18(11-13)15(19)9-8-12-5-2-3-7-14(12)16/h2-3,5,7,13,17H,4,6,8-11H2,1H3/t13-/m1/s1. The molecule has 0 aliphatic carbocycles. The first-order valence-corrected chi connectivity index (χ1v) is 9.60. The summed E-state index contributed by atoms with van der Waals surface area (Å²) in [6.45, 7) is 1.12. The Kier molecular flexibility index (Phi) is 5.83. The van der Waals surface area contributed by atoms with Crippen LogP contribution in [0, 0.1) is 0 Å². The Morgan fingerprint density at radius 1 is 1.41 bits per heavy atom. The quantitative estimate of drug-likeness (QED) is 0.886. The molecule has 1 heterocycles. The minimum atomic E-state index is -3.24. The van der Waals surface area contributed by atoms with Crippen molar-refractivity contribution in [3.63, 3.8) is 0 Å². The van der Waals surface area contributed by atoms with Gasteiger partial charge in [-0.3, -0.25) is 4.79 Å². The Morgan fingerprint density at radius 2 is 2.14 bits per heavy atom. The van der Waals surface area contributed by atoms with Crippen LogP contribution >= 0.6 is 11.6 Å². The summed E-state index contributed by atoms with van der Waals surface area (Å²) in [6, 6.07) is 7.31. The second-order valence-corrected chi connectivity index (χ2v) is 7.85. The molecule has 7 heteroatoms. The Morgan fingerprint density at radius 3 is 2.82 bits per heavy atom. The third kappa shape index (κ3) is 5.26. The van der Waals surface area contributed by atoms with Crippen molar-refractivity contribution in [3.05, 3.63) is 34.9 Å². The van der Waals surface area contributed by atoms with Crippen LogP contribution in [0.5, 0.6) is 0 Å². The van der Waals surface area contributed by atoms with Gasteiger partial charge in [0.2, 0.25) is 15.9 Å². The predicted molar refractivity (Wildman–Crippen MR) is 87.4 cm³/mol. The lowest BCUT2D eigenvalue weighted by Crippen LogP contribution is -2.49. The van der Waals surface area contributed by atoms with Crippen LogP contribution in [0.3, 0.4) is 0 Å². The highest BCUT2D eigenvalue weighted by Crippen LogP contribution is 2.18. The van der Waals surface area contributed by atoms with E-state index in [0.717, 1.165) is 24.7 Å². The zero-order valence-corrected chi connectivity index (χ0v) is 14.2. The minimum absolute atomic E-state index is 0.0416. The van der Waals surface area contributed by atoms with E-state index in [1.165, 1.54) is 0 Å². The van der Waals surface area contributed by atoms with Gasteiger partial charge in [-0.1, -0.05) is 29.8 Å². The average molecular weight is 345 g/mol. The van der Waals surface area contributed by atoms with E-state index in [1.807, 2.05) is 24.3 Å². The second-order valence-electron chi connectivity index (χ2n) is 5.66. The van der Waals surface area contributed by atoms with Crippen molar-refractivity contribution >= 4 is 27.5 Å². The van der Waals surface area contributed by atoms with E-state index in [9.17, 15) is 13.2 Å². The zero-order valence-electron chi connectivity index (χ0n) is 12.6. The average Bonchev–Trinajstić information content (AvgIpc) is 2.44. The highest BCUT2D eigenvalue weighted by Gasteiger charge is 2.25. The summed E-state index contributed by atoms with van der Waals surface area (Å²) in [5.74, 6) is 0.0416. The minimum Gasteiger partial charge on any atom is -0.341 e. The van der Waals surface area contributed by atoms with Crippen molar-refractivity contribution in [1.29, 1.82) is 0 Å². The highest BCUT2D eigenvalue weighted by atomic mass is 35.5. The Labute approximate surface area is 136 Å². The number of carbonyl (C=O) groups excluding carboxylic acids is 1. The van der Waals surface area contributed by atoms with Gasteiger partial charge in [-0.25, -0.2) is 13.1 Å². The molecule has 5 nitrogen and oxygen atoms in total. The van der Waals surface area contributed by atoms with Gasteiger partial charge in [0.15, 0.2) is 0 Å². The van der Waals surface area contributed by atoms with Crippen LogP contribution in [0.25, 0.3) is 0 Å².